The summed E-state index contributed by atoms with van der Waals surface area (Å²) in [7, 11) is 0. The summed E-state index contributed by atoms with van der Waals surface area (Å²) in [6.07, 6.45) is 2.86. The Balaban J connectivity index is 2.22. The van der Waals surface area contributed by atoms with Crippen LogP contribution in [0.25, 0.3) is 0 Å². The molecule has 1 aromatic carbocycles. The van der Waals surface area contributed by atoms with Gasteiger partial charge >= 0.3 is 5.97 Å². The zero-order chi connectivity index (χ0) is 17.9. The van der Waals surface area contributed by atoms with Crippen molar-refractivity contribution in [2.45, 2.75) is 64.7 Å². The number of ketones is 1. The minimum Gasteiger partial charge on any atom is -0.481 e. The molecule has 2 aliphatic rings. The fourth-order valence-corrected chi connectivity index (χ4v) is 6.37. The van der Waals surface area contributed by atoms with Crippen molar-refractivity contribution in [3.63, 3.8) is 0 Å². The number of halogens is 1. The molecule has 1 aromatic rings. The standard InChI is InChI=1S/C20H25IO3/c1-11(2)12-6-7-13-16(17(12)21)14(22)10-15-19(13,3)8-5-9-20(15,4)18(23)24/h6-7,11,15H,5,8-10H2,1-4H3,(H,23,24)/t15?,19-,20-/m1/s1. The van der Waals surface area contributed by atoms with Crippen molar-refractivity contribution >= 4 is 34.3 Å². The zero-order valence-electron chi connectivity index (χ0n) is 14.8. The average molecular weight is 440 g/mol. The highest BCUT2D eigenvalue weighted by molar-refractivity contribution is 14.1. The van der Waals surface area contributed by atoms with Crippen molar-refractivity contribution in [2.75, 3.05) is 0 Å². The Labute approximate surface area is 157 Å². The third-order valence-corrected chi connectivity index (χ3v) is 7.66. The maximum Gasteiger partial charge on any atom is 0.309 e. The van der Waals surface area contributed by atoms with Gasteiger partial charge in [-0.3, -0.25) is 9.59 Å². The van der Waals surface area contributed by atoms with E-state index in [-0.39, 0.29) is 17.1 Å². The Morgan fingerprint density at radius 1 is 1.29 bits per heavy atom. The summed E-state index contributed by atoms with van der Waals surface area (Å²) in [4.78, 5) is 25.0. The molecule has 1 fully saturated rings. The van der Waals surface area contributed by atoms with Gasteiger partial charge in [-0.1, -0.05) is 39.3 Å². The van der Waals surface area contributed by atoms with E-state index in [9.17, 15) is 14.7 Å². The molecule has 1 unspecified atom stereocenters. The van der Waals surface area contributed by atoms with Crippen LogP contribution in [0.15, 0.2) is 12.1 Å². The molecule has 0 spiro atoms. The van der Waals surface area contributed by atoms with Gasteiger partial charge < -0.3 is 5.11 Å². The van der Waals surface area contributed by atoms with Crippen LogP contribution in [0, 0.1) is 14.9 Å². The third kappa shape index (κ3) is 2.36. The van der Waals surface area contributed by atoms with E-state index in [4.69, 9.17) is 0 Å². The number of carboxylic acids is 1. The molecule has 0 aromatic heterocycles. The Kier molecular flexibility index (Phi) is 4.34. The van der Waals surface area contributed by atoms with Gasteiger partial charge in [0.15, 0.2) is 5.78 Å². The maximum atomic E-state index is 13.0. The van der Waals surface area contributed by atoms with Crippen molar-refractivity contribution in [1.82, 2.24) is 0 Å². The van der Waals surface area contributed by atoms with Gasteiger partial charge in [0.05, 0.1) is 5.41 Å². The van der Waals surface area contributed by atoms with E-state index in [0.717, 1.165) is 27.5 Å². The summed E-state index contributed by atoms with van der Waals surface area (Å²) in [5.74, 6) is -0.398. The van der Waals surface area contributed by atoms with Gasteiger partial charge in [-0.15, -0.1) is 0 Å². The van der Waals surface area contributed by atoms with Crippen LogP contribution in [0.1, 0.15) is 80.8 Å². The molecule has 1 N–H and O–H groups in total. The monoisotopic (exact) mass is 440 g/mol. The Hall–Kier alpha value is -0.910. The van der Waals surface area contributed by atoms with E-state index in [1.165, 1.54) is 5.56 Å². The topological polar surface area (TPSA) is 54.4 Å². The molecule has 3 rings (SSSR count). The average Bonchev–Trinajstić information content (AvgIpc) is 2.49. The smallest absolute Gasteiger partial charge is 0.309 e. The molecule has 0 bridgehead atoms. The van der Waals surface area contributed by atoms with Crippen LogP contribution in [0.4, 0.5) is 0 Å². The number of fused-ring (bicyclic) bond motifs is 3. The van der Waals surface area contributed by atoms with Gasteiger partial charge in [0.2, 0.25) is 0 Å². The van der Waals surface area contributed by atoms with Crippen molar-refractivity contribution in [3.8, 4) is 0 Å². The first-order valence-electron chi connectivity index (χ1n) is 8.72. The molecule has 0 radical (unpaired) electrons. The number of hydrogen-bond acceptors (Lipinski definition) is 2. The molecular formula is C20H25IO3. The fraction of sp³-hybridized carbons (Fsp3) is 0.600. The number of Topliss-reactive ketones (excluding diaryl/α,β-unsaturated/α-hetero) is 1. The second-order valence-corrected chi connectivity index (χ2v) is 9.30. The van der Waals surface area contributed by atoms with E-state index in [2.05, 4.69) is 55.5 Å². The second kappa shape index (κ2) is 5.82. The highest BCUT2D eigenvalue weighted by Gasteiger charge is 2.57. The first-order chi connectivity index (χ1) is 11.1. The van der Waals surface area contributed by atoms with Crippen molar-refractivity contribution in [2.24, 2.45) is 11.3 Å². The lowest BCUT2D eigenvalue weighted by Crippen LogP contribution is -2.53. The molecule has 0 amide bonds. The van der Waals surface area contributed by atoms with Gasteiger partial charge in [0, 0.05) is 15.6 Å². The first-order valence-corrected chi connectivity index (χ1v) is 9.80. The molecule has 3 nitrogen and oxygen atoms in total. The van der Waals surface area contributed by atoms with Gasteiger partial charge in [-0.2, -0.15) is 0 Å². The number of aliphatic carboxylic acids is 1. The largest absolute Gasteiger partial charge is 0.481 e. The Morgan fingerprint density at radius 2 is 1.96 bits per heavy atom. The van der Waals surface area contributed by atoms with Crippen LogP contribution in [0.2, 0.25) is 0 Å². The third-order valence-electron chi connectivity index (χ3n) is 6.50. The highest BCUT2D eigenvalue weighted by atomic mass is 127. The molecule has 0 heterocycles. The highest BCUT2D eigenvalue weighted by Crippen LogP contribution is 2.57. The molecule has 130 valence electrons. The van der Waals surface area contributed by atoms with Gasteiger partial charge in [-0.05, 0) is 70.7 Å². The summed E-state index contributed by atoms with van der Waals surface area (Å²) in [5, 5.41) is 9.84. The summed E-state index contributed by atoms with van der Waals surface area (Å²) in [6.45, 7) is 8.30. The molecule has 3 atom stereocenters. The quantitative estimate of drug-likeness (QED) is 0.648. The maximum absolute atomic E-state index is 13.0. The van der Waals surface area contributed by atoms with Crippen LogP contribution >= 0.6 is 22.6 Å². The lowest BCUT2D eigenvalue weighted by atomic mass is 9.49. The van der Waals surface area contributed by atoms with E-state index in [0.29, 0.717) is 18.8 Å². The summed E-state index contributed by atoms with van der Waals surface area (Å²) in [6, 6.07) is 4.24. The minimum atomic E-state index is -0.817. The van der Waals surface area contributed by atoms with Crippen LogP contribution in [0.3, 0.4) is 0 Å². The lowest BCUT2D eigenvalue weighted by Gasteiger charge is -2.53. The van der Waals surface area contributed by atoms with Gasteiger partial charge in [0.25, 0.3) is 0 Å². The molecule has 1 saturated carbocycles. The van der Waals surface area contributed by atoms with Crippen molar-refractivity contribution in [3.05, 3.63) is 32.4 Å². The van der Waals surface area contributed by atoms with Gasteiger partial charge in [-0.25, -0.2) is 0 Å². The normalized spacial score (nSPS) is 32.4. The summed E-state index contributed by atoms with van der Waals surface area (Å²) >= 11 is 2.31. The van der Waals surface area contributed by atoms with Crippen LogP contribution in [-0.2, 0) is 10.2 Å². The molecule has 2 aliphatic carbocycles. The van der Waals surface area contributed by atoms with Crippen LogP contribution in [-0.4, -0.2) is 16.9 Å². The molecule has 0 aliphatic heterocycles. The SMILES string of the molecule is CC(C)c1ccc2c(c1I)C(=O)CC1[C@](C)(C(=O)O)CCC[C@]21C. The predicted octanol–water partition coefficient (Wildman–Crippen LogP) is 5.15. The fourth-order valence-electron chi connectivity index (χ4n) is 4.98. The lowest BCUT2D eigenvalue weighted by molar-refractivity contribution is -0.156. The number of carboxylic acid groups (broad SMARTS) is 1. The molecular weight excluding hydrogens is 415 g/mol. The van der Waals surface area contributed by atoms with Crippen LogP contribution < -0.4 is 0 Å². The first kappa shape index (κ1) is 17.9. The number of rotatable bonds is 2. The Bertz CT molecular complexity index is 724. The van der Waals surface area contributed by atoms with E-state index >= 15 is 0 Å². The van der Waals surface area contributed by atoms with E-state index in [1.54, 1.807) is 0 Å². The summed E-state index contributed by atoms with van der Waals surface area (Å²) < 4.78 is 1.06. The van der Waals surface area contributed by atoms with Crippen LogP contribution in [0.5, 0.6) is 0 Å². The number of hydrogen-bond donors (Lipinski definition) is 1. The van der Waals surface area contributed by atoms with Crippen molar-refractivity contribution < 1.29 is 14.7 Å². The number of carbonyl (C=O) groups is 2. The number of benzene rings is 1. The zero-order valence-corrected chi connectivity index (χ0v) is 16.9. The van der Waals surface area contributed by atoms with Crippen molar-refractivity contribution in [1.29, 1.82) is 0 Å². The predicted molar refractivity (Wildman–Crippen MR) is 103 cm³/mol. The summed E-state index contributed by atoms with van der Waals surface area (Å²) in [5.41, 5.74) is 2.09. The molecule has 0 saturated heterocycles. The second-order valence-electron chi connectivity index (χ2n) is 8.22. The van der Waals surface area contributed by atoms with E-state index in [1.807, 2.05) is 6.92 Å². The molecule has 4 heteroatoms. The minimum absolute atomic E-state index is 0.119. The number of carbonyl (C=O) groups excluding carboxylic acids is 1. The van der Waals surface area contributed by atoms with Gasteiger partial charge in [0.1, 0.15) is 0 Å². The van der Waals surface area contributed by atoms with E-state index < -0.39 is 11.4 Å². The Morgan fingerprint density at radius 3 is 2.54 bits per heavy atom. The molecule has 24 heavy (non-hydrogen) atoms.